The van der Waals surface area contributed by atoms with Gasteiger partial charge in [0.1, 0.15) is 0 Å². The lowest BCUT2D eigenvalue weighted by molar-refractivity contribution is 0.427. The van der Waals surface area contributed by atoms with Crippen molar-refractivity contribution in [2.45, 2.75) is 19.3 Å². The van der Waals surface area contributed by atoms with Crippen molar-refractivity contribution in [1.29, 1.82) is 0 Å². The Morgan fingerprint density at radius 3 is 3.00 bits per heavy atom. The smallest absolute Gasteiger partial charge is 0.173 e. The van der Waals surface area contributed by atoms with Gasteiger partial charge in [-0.25, -0.2) is 4.99 Å². The molecular weight excluding hydrogens is 214 g/mol. The van der Waals surface area contributed by atoms with E-state index in [1.165, 1.54) is 4.88 Å². The van der Waals surface area contributed by atoms with Crippen molar-refractivity contribution in [3.05, 3.63) is 17.0 Å². The Kier molecular flexibility index (Phi) is 5.45. The van der Waals surface area contributed by atoms with Gasteiger partial charge in [-0.2, -0.15) is 0 Å². The number of unbranched alkanes of at least 4 members (excludes halogenated alkanes) is 1. The van der Waals surface area contributed by atoms with Crippen LogP contribution >= 0.6 is 23.6 Å². The van der Waals surface area contributed by atoms with Crippen LogP contribution in [0.3, 0.4) is 0 Å². The molecule has 0 amide bonds. The van der Waals surface area contributed by atoms with E-state index in [4.69, 9.17) is 4.74 Å². The summed E-state index contributed by atoms with van der Waals surface area (Å²) in [5.74, 6) is 0. The molecule has 0 unspecified atom stereocenters. The predicted octanol–water partition coefficient (Wildman–Crippen LogP) is 3.18. The zero-order valence-corrected chi connectivity index (χ0v) is 9.79. The second-order valence-corrected chi connectivity index (χ2v) is 4.17. The van der Waals surface area contributed by atoms with E-state index in [1.54, 1.807) is 18.4 Å². The topological polar surface area (TPSA) is 21.6 Å². The maximum Gasteiger partial charge on any atom is 0.173 e. The lowest BCUT2D eigenvalue weighted by atomic mass is 10.2. The molecule has 0 bridgehead atoms. The van der Waals surface area contributed by atoms with Gasteiger partial charge in [-0.15, -0.1) is 11.3 Å². The van der Waals surface area contributed by atoms with Gasteiger partial charge in [-0.05, 0) is 43.6 Å². The zero-order chi connectivity index (χ0) is 10.2. The molecule has 2 nitrogen and oxygen atoms in total. The molecule has 0 saturated carbocycles. The van der Waals surface area contributed by atoms with Crippen LogP contribution in [0.2, 0.25) is 0 Å². The quantitative estimate of drug-likeness (QED) is 0.423. The number of hydrogen-bond acceptors (Lipinski definition) is 4. The summed E-state index contributed by atoms with van der Waals surface area (Å²) >= 11 is 6.19. The van der Waals surface area contributed by atoms with E-state index in [-0.39, 0.29) is 0 Å². The summed E-state index contributed by atoms with van der Waals surface area (Å²) < 4.78 is 5.12. The lowest BCUT2D eigenvalue weighted by Crippen LogP contribution is -1.84. The predicted molar refractivity (Wildman–Crippen MR) is 63.7 cm³/mol. The summed E-state index contributed by atoms with van der Waals surface area (Å²) in [6.07, 6.45) is 3.31. The molecule has 1 aromatic heterocycles. The fourth-order valence-corrected chi connectivity index (χ4v) is 2.09. The van der Waals surface area contributed by atoms with Crippen molar-refractivity contribution in [1.82, 2.24) is 0 Å². The molecule has 0 aromatic carbocycles. The minimum atomic E-state index is 0.798. The van der Waals surface area contributed by atoms with Crippen LogP contribution in [0.1, 0.15) is 17.7 Å². The highest BCUT2D eigenvalue weighted by molar-refractivity contribution is 7.78. The molecule has 0 N–H and O–H groups in total. The Bertz CT molecular complexity index is 316. The van der Waals surface area contributed by atoms with Crippen LogP contribution < -0.4 is 4.74 Å². The standard InChI is InChI=1S/C10H13NOS2/c1-12-10-6-5-9(14-10)4-2-3-7-11-8-13/h5-6H,2-4,7H2,1H3. The largest absolute Gasteiger partial charge is 0.487 e. The zero-order valence-electron chi connectivity index (χ0n) is 8.16. The van der Waals surface area contributed by atoms with Crippen molar-refractivity contribution in [3.63, 3.8) is 0 Å². The Morgan fingerprint density at radius 2 is 2.36 bits per heavy atom. The fourth-order valence-electron chi connectivity index (χ4n) is 1.14. The molecule has 0 aliphatic carbocycles. The molecule has 1 rings (SSSR count). The van der Waals surface area contributed by atoms with Crippen molar-refractivity contribution in [2.24, 2.45) is 4.99 Å². The molecule has 14 heavy (non-hydrogen) atoms. The van der Waals surface area contributed by atoms with Crippen LogP contribution in [-0.4, -0.2) is 18.8 Å². The normalized spacial score (nSPS) is 9.50. The maximum absolute atomic E-state index is 5.12. The van der Waals surface area contributed by atoms with Crippen molar-refractivity contribution in [2.75, 3.05) is 13.7 Å². The Morgan fingerprint density at radius 1 is 1.50 bits per heavy atom. The molecule has 1 aromatic rings. The van der Waals surface area contributed by atoms with Crippen molar-refractivity contribution < 1.29 is 4.74 Å². The van der Waals surface area contributed by atoms with Crippen LogP contribution in [0.15, 0.2) is 17.1 Å². The van der Waals surface area contributed by atoms with Crippen LogP contribution in [0, 0.1) is 0 Å². The third-order valence-corrected chi connectivity index (χ3v) is 3.08. The highest BCUT2D eigenvalue weighted by Crippen LogP contribution is 2.24. The number of ether oxygens (including phenoxy) is 1. The average Bonchev–Trinajstić information content (AvgIpc) is 2.65. The summed E-state index contributed by atoms with van der Waals surface area (Å²) in [6, 6.07) is 4.13. The molecule has 0 aliphatic heterocycles. The Balaban J connectivity index is 2.21. The van der Waals surface area contributed by atoms with E-state index in [0.29, 0.717) is 0 Å². The van der Waals surface area contributed by atoms with E-state index in [2.05, 4.69) is 28.4 Å². The van der Waals surface area contributed by atoms with Gasteiger partial charge in [0.2, 0.25) is 0 Å². The van der Waals surface area contributed by atoms with Crippen LogP contribution in [0.25, 0.3) is 0 Å². The first kappa shape index (κ1) is 11.4. The van der Waals surface area contributed by atoms with E-state index >= 15 is 0 Å². The number of aliphatic imine (C=N–C) groups is 1. The lowest BCUT2D eigenvalue weighted by Gasteiger charge is -1.94. The number of thiophene rings is 1. The molecule has 0 spiro atoms. The summed E-state index contributed by atoms with van der Waals surface area (Å²) in [7, 11) is 1.70. The summed E-state index contributed by atoms with van der Waals surface area (Å²) in [5, 5.41) is 3.35. The van der Waals surface area contributed by atoms with E-state index in [0.717, 1.165) is 30.9 Å². The molecule has 4 heteroatoms. The molecule has 1 heterocycles. The van der Waals surface area contributed by atoms with E-state index in [1.807, 2.05) is 6.07 Å². The molecular formula is C10H13NOS2. The van der Waals surface area contributed by atoms with Crippen molar-refractivity contribution >= 4 is 28.7 Å². The Hall–Kier alpha value is -0.700. The number of methoxy groups -OCH3 is 1. The second kappa shape index (κ2) is 6.71. The van der Waals surface area contributed by atoms with E-state index < -0.39 is 0 Å². The number of rotatable bonds is 6. The number of isothiocyanates is 1. The third-order valence-electron chi connectivity index (χ3n) is 1.85. The highest BCUT2D eigenvalue weighted by Gasteiger charge is 1.98. The summed E-state index contributed by atoms with van der Waals surface area (Å²) in [4.78, 5) is 5.24. The minimum absolute atomic E-state index is 0.798. The van der Waals surface area contributed by atoms with Gasteiger partial charge in [-0.1, -0.05) is 0 Å². The first-order chi connectivity index (χ1) is 6.86. The number of hydrogen-bond donors (Lipinski definition) is 0. The van der Waals surface area contributed by atoms with E-state index in [9.17, 15) is 0 Å². The van der Waals surface area contributed by atoms with Crippen molar-refractivity contribution in [3.8, 4) is 5.06 Å². The summed E-state index contributed by atoms with van der Waals surface area (Å²) in [5.41, 5.74) is 0. The Labute approximate surface area is 93.6 Å². The van der Waals surface area contributed by atoms with Crippen LogP contribution in [-0.2, 0) is 6.42 Å². The fraction of sp³-hybridized carbons (Fsp3) is 0.500. The van der Waals surface area contributed by atoms with Gasteiger partial charge < -0.3 is 4.74 Å². The van der Waals surface area contributed by atoms with Crippen LogP contribution in [0.4, 0.5) is 0 Å². The SMILES string of the molecule is COc1ccc(CCCCN=C=S)s1. The van der Waals surface area contributed by atoms with Gasteiger partial charge in [0.05, 0.1) is 12.3 Å². The molecule has 76 valence electrons. The van der Waals surface area contributed by atoms with Gasteiger partial charge in [-0.3, -0.25) is 0 Å². The third kappa shape index (κ3) is 4.01. The minimum Gasteiger partial charge on any atom is -0.487 e. The molecule has 0 saturated heterocycles. The van der Waals surface area contributed by atoms with Gasteiger partial charge in [0.25, 0.3) is 0 Å². The molecule has 0 fully saturated rings. The highest BCUT2D eigenvalue weighted by atomic mass is 32.1. The average molecular weight is 227 g/mol. The monoisotopic (exact) mass is 227 g/mol. The van der Waals surface area contributed by atoms with Gasteiger partial charge in [0.15, 0.2) is 5.06 Å². The second-order valence-electron chi connectivity index (χ2n) is 2.85. The molecule has 0 aliphatic rings. The first-order valence-electron chi connectivity index (χ1n) is 4.53. The number of aryl methyl sites for hydroxylation is 1. The number of nitrogens with zero attached hydrogens (tertiary/aromatic N) is 1. The molecule has 0 atom stereocenters. The van der Waals surface area contributed by atoms with Gasteiger partial charge in [0, 0.05) is 11.4 Å². The van der Waals surface area contributed by atoms with Gasteiger partial charge >= 0.3 is 0 Å². The number of thiocarbonyl (C=S) groups is 1. The van der Waals surface area contributed by atoms with Crippen LogP contribution in [0.5, 0.6) is 5.06 Å². The molecule has 0 radical (unpaired) electrons. The first-order valence-corrected chi connectivity index (χ1v) is 5.75. The summed E-state index contributed by atoms with van der Waals surface area (Å²) in [6.45, 7) is 0.798. The maximum atomic E-state index is 5.12.